The molecule has 1 aromatic carbocycles. The fourth-order valence-corrected chi connectivity index (χ4v) is 2.53. The number of fused-ring (bicyclic) bond motifs is 1. The number of ketones is 1. The van der Waals surface area contributed by atoms with Crippen molar-refractivity contribution in [1.82, 2.24) is 0 Å². The number of benzene rings is 1. The number of nitrogens with zero attached hydrogens (tertiary/aromatic N) is 1. The zero-order valence-electron chi connectivity index (χ0n) is 9.53. The van der Waals surface area contributed by atoms with Gasteiger partial charge in [-0.2, -0.15) is 0 Å². The third kappa shape index (κ3) is 1.79. The number of amides is 1. The molecule has 0 unspecified atom stereocenters. The SMILES string of the molecule is CC(=O)C[C@]1(O)C(=O)N(C)c2ccc(Br)cc21. The van der Waals surface area contributed by atoms with E-state index in [1.54, 1.807) is 25.2 Å². The molecule has 0 spiro atoms. The molecule has 1 atom stereocenters. The molecule has 1 aliphatic heterocycles. The Bertz CT molecular complexity index is 514. The number of halogens is 1. The summed E-state index contributed by atoms with van der Waals surface area (Å²) in [6, 6.07) is 5.22. The van der Waals surface area contributed by atoms with Gasteiger partial charge in [0.15, 0.2) is 5.60 Å². The smallest absolute Gasteiger partial charge is 0.263 e. The summed E-state index contributed by atoms with van der Waals surface area (Å²) in [4.78, 5) is 24.6. The number of Topliss-reactive ketones (excluding diaryl/α,β-unsaturated/α-hetero) is 1. The number of likely N-dealkylation sites (N-methyl/N-ethyl adjacent to an activating group) is 1. The van der Waals surface area contributed by atoms with Gasteiger partial charge in [0.1, 0.15) is 5.78 Å². The molecular weight excluding hydrogens is 286 g/mol. The number of carbonyl (C=O) groups is 2. The van der Waals surface area contributed by atoms with Gasteiger partial charge in [-0.1, -0.05) is 15.9 Å². The van der Waals surface area contributed by atoms with Gasteiger partial charge >= 0.3 is 0 Å². The van der Waals surface area contributed by atoms with Crippen LogP contribution in [-0.2, 0) is 15.2 Å². The average molecular weight is 298 g/mol. The summed E-state index contributed by atoms with van der Waals surface area (Å²) in [5.74, 6) is -0.678. The van der Waals surface area contributed by atoms with Crippen LogP contribution in [0.25, 0.3) is 0 Å². The summed E-state index contributed by atoms with van der Waals surface area (Å²) < 4.78 is 0.765. The van der Waals surface area contributed by atoms with Crippen molar-refractivity contribution >= 4 is 33.3 Å². The molecule has 4 nitrogen and oxygen atoms in total. The molecule has 0 radical (unpaired) electrons. The fraction of sp³-hybridized carbons (Fsp3) is 0.333. The van der Waals surface area contributed by atoms with Crippen molar-refractivity contribution < 1.29 is 14.7 Å². The maximum absolute atomic E-state index is 12.0. The highest BCUT2D eigenvalue weighted by Gasteiger charge is 2.49. The molecule has 1 heterocycles. The van der Waals surface area contributed by atoms with Crippen molar-refractivity contribution in [3.63, 3.8) is 0 Å². The van der Waals surface area contributed by atoms with Gasteiger partial charge < -0.3 is 10.0 Å². The first-order valence-corrected chi connectivity index (χ1v) is 5.95. The minimum atomic E-state index is -1.72. The largest absolute Gasteiger partial charge is 0.375 e. The lowest BCUT2D eigenvalue weighted by molar-refractivity contribution is -0.141. The fourth-order valence-electron chi connectivity index (χ4n) is 2.17. The number of anilines is 1. The number of hydrogen-bond donors (Lipinski definition) is 1. The molecular formula is C12H12BrNO3. The van der Waals surface area contributed by atoms with Crippen LogP contribution in [0.3, 0.4) is 0 Å². The maximum atomic E-state index is 12.0. The highest BCUT2D eigenvalue weighted by atomic mass is 79.9. The Morgan fingerprint density at radius 1 is 1.53 bits per heavy atom. The summed E-state index contributed by atoms with van der Waals surface area (Å²) in [7, 11) is 1.59. The Morgan fingerprint density at radius 2 is 2.18 bits per heavy atom. The first-order valence-electron chi connectivity index (χ1n) is 5.16. The highest BCUT2D eigenvalue weighted by molar-refractivity contribution is 9.10. The molecule has 1 amide bonds. The minimum absolute atomic E-state index is 0.195. The number of rotatable bonds is 2. The average Bonchev–Trinajstić information content (AvgIpc) is 2.41. The molecule has 0 fully saturated rings. The molecule has 0 aromatic heterocycles. The van der Waals surface area contributed by atoms with Crippen molar-refractivity contribution in [2.75, 3.05) is 11.9 Å². The van der Waals surface area contributed by atoms with E-state index in [1.165, 1.54) is 11.8 Å². The summed E-state index contributed by atoms with van der Waals surface area (Å²) >= 11 is 3.30. The van der Waals surface area contributed by atoms with E-state index in [-0.39, 0.29) is 12.2 Å². The Hall–Kier alpha value is -1.20. The minimum Gasteiger partial charge on any atom is -0.375 e. The normalized spacial score (nSPS) is 22.8. The predicted molar refractivity (Wildman–Crippen MR) is 66.7 cm³/mol. The van der Waals surface area contributed by atoms with Crippen LogP contribution in [0.15, 0.2) is 22.7 Å². The molecule has 0 saturated carbocycles. The van der Waals surface area contributed by atoms with E-state index in [1.807, 2.05) is 0 Å². The first kappa shape index (κ1) is 12.3. The summed E-state index contributed by atoms with van der Waals surface area (Å²) in [6.07, 6.45) is -0.195. The topological polar surface area (TPSA) is 57.6 Å². The van der Waals surface area contributed by atoms with E-state index in [0.717, 1.165) is 4.47 Å². The van der Waals surface area contributed by atoms with E-state index in [9.17, 15) is 14.7 Å². The third-order valence-corrected chi connectivity index (χ3v) is 3.42. The standard InChI is InChI=1S/C12H12BrNO3/c1-7(15)6-12(17)9-5-8(13)3-4-10(9)14(2)11(12)16/h3-5,17H,6H2,1-2H3/t12-/m1/s1. The van der Waals surface area contributed by atoms with Gasteiger partial charge in [0.2, 0.25) is 0 Å². The highest BCUT2D eigenvalue weighted by Crippen LogP contribution is 2.42. The Labute approximate surface area is 107 Å². The van der Waals surface area contributed by atoms with Gasteiger partial charge in [0.25, 0.3) is 5.91 Å². The quantitative estimate of drug-likeness (QED) is 0.902. The van der Waals surface area contributed by atoms with Crippen molar-refractivity contribution in [1.29, 1.82) is 0 Å². The number of hydrogen-bond acceptors (Lipinski definition) is 3. The van der Waals surface area contributed by atoms with E-state index >= 15 is 0 Å². The van der Waals surface area contributed by atoms with E-state index in [0.29, 0.717) is 11.3 Å². The van der Waals surface area contributed by atoms with Crippen molar-refractivity contribution in [3.05, 3.63) is 28.2 Å². The zero-order chi connectivity index (χ0) is 12.8. The van der Waals surface area contributed by atoms with Crippen molar-refractivity contribution in [2.24, 2.45) is 0 Å². The Morgan fingerprint density at radius 3 is 2.76 bits per heavy atom. The third-order valence-electron chi connectivity index (χ3n) is 2.93. The maximum Gasteiger partial charge on any atom is 0.263 e. The lowest BCUT2D eigenvalue weighted by atomic mass is 9.90. The molecule has 2 rings (SSSR count). The monoisotopic (exact) mass is 297 g/mol. The van der Waals surface area contributed by atoms with Gasteiger partial charge in [-0.05, 0) is 25.1 Å². The van der Waals surface area contributed by atoms with E-state index in [2.05, 4.69) is 15.9 Å². The summed E-state index contributed by atoms with van der Waals surface area (Å²) in [5, 5.41) is 10.4. The first-order chi connectivity index (χ1) is 7.86. The molecule has 0 bridgehead atoms. The van der Waals surface area contributed by atoms with Crippen LogP contribution in [0, 0.1) is 0 Å². The second-order valence-corrected chi connectivity index (χ2v) is 5.18. The van der Waals surface area contributed by atoms with Crippen LogP contribution in [0.4, 0.5) is 5.69 Å². The van der Waals surface area contributed by atoms with Gasteiger partial charge in [0.05, 0.1) is 5.69 Å². The van der Waals surface area contributed by atoms with Crippen LogP contribution in [0.1, 0.15) is 18.9 Å². The van der Waals surface area contributed by atoms with E-state index in [4.69, 9.17) is 0 Å². The number of aliphatic hydroxyl groups is 1. The van der Waals surface area contributed by atoms with Gasteiger partial charge in [-0.25, -0.2) is 0 Å². The molecule has 90 valence electrons. The zero-order valence-corrected chi connectivity index (χ0v) is 11.1. The summed E-state index contributed by atoms with van der Waals surface area (Å²) in [5.41, 5.74) is -0.601. The molecule has 1 aromatic rings. The van der Waals surface area contributed by atoms with Gasteiger partial charge in [-0.3, -0.25) is 9.59 Å². The van der Waals surface area contributed by atoms with Crippen LogP contribution in [-0.4, -0.2) is 23.8 Å². The van der Waals surface area contributed by atoms with Crippen LogP contribution >= 0.6 is 15.9 Å². The molecule has 5 heteroatoms. The molecule has 1 N–H and O–H groups in total. The van der Waals surface area contributed by atoms with Crippen LogP contribution < -0.4 is 4.90 Å². The van der Waals surface area contributed by atoms with Gasteiger partial charge in [-0.15, -0.1) is 0 Å². The number of carbonyl (C=O) groups excluding carboxylic acids is 2. The molecule has 0 saturated heterocycles. The Balaban J connectivity index is 2.60. The van der Waals surface area contributed by atoms with E-state index < -0.39 is 11.5 Å². The van der Waals surface area contributed by atoms with Crippen LogP contribution in [0.5, 0.6) is 0 Å². The molecule has 17 heavy (non-hydrogen) atoms. The lowest BCUT2D eigenvalue weighted by Gasteiger charge is -2.20. The van der Waals surface area contributed by atoms with Crippen molar-refractivity contribution in [2.45, 2.75) is 18.9 Å². The lowest BCUT2D eigenvalue weighted by Crippen LogP contribution is -2.39. The second kappa shape index (κ2) is 3.92. The molecule has 0 aliphatic carbocycles. The Kier molecular flexibility index (Phi) is 2.83. The van der Waals surface area contributed by atoms with Crippen molar-refractivity contribution in [3.8, 4) is 0 Å². The summed E-state index contributed by atoms with van der Waals surface area (Å²) in [6.45, 7) is 1.36. The second-order valence-electron chi connectivity index (χ2n) is 4.26. The molecule has 1 aliphatic rings. The van der Waals surface area contributed by atoms with Gasteiger partial charge in [0, 0.05) is 23.5 Å². The van der Waals surface area contributed by atoms with Crippen LogP contribution in [0.2, 0.25) is 0 Å². The predicted octanol–water partition coefficient (Wildman–Crippen LogP) is 1.59.